The van der Waals surface area contributed by atoms with E-state index in [1.165, 1.54) is 6.26 Å². The van der Waals surface area contributed by atoms with Crippen LogP contribution in [-0.2, 0) is 9.68 Å². The monoisotopic (exact) mass is 400 g/mol. The van der Waals surface area contributed by atoms with Gasteiger partial charge in [-0.05, 0) is 44.0 Å². The normalized spacial score (nSPS) is 14.8. The van der Waals surface area contributed by atoms with Gasteiger partial charge in [-0.25, -0.2) is 9.68 Å². The van der Waals surface area contributed by atoms with Crippen molar-refractivity contribution < 1.29 is 23.8 Å². The molecular weight excluding hydrogens is 372 g/mol. The maximum atomic E-state index is 12.4. The molecule has 1 aliphatic heterocycles. The van der Waals surface area contributed by atoms with E-state index in [0.717, 1.165) is 5.69 Å². The maximum Gasteiger partial charge on any atom is 0.361 e. The number of amides is 1. The number of anilines is 1. The van der Waals surface area contributed by atoms with E-state index in [1.807, 2.05) is 45.9 Å². The van der Waals surface area contributed by atoms with E-state index in [9.17, 15) is 9.59 Å². The topological polar surface area (TPSA) is 72.2 Å². The summed E-state index contributed by atoms with van der Waals surface area (Å²) in [6.45, 7) is 10.2. The second-order valence-electron chi connectivity index (χ2n) is 8.08. The Morgan fingerprint density at radius 3 is 2.41 bits per heavy atom. The van der Waals surface area contributed by atoms with E-state index in [-0.39, 0.29) is 11.8 Å². The van der Waals surface area contributed by atoms with Gasteiger partial charge in [-0.1, -0.05) is 19.9 Å². The molecule has 1 aliphatic rings. The number of benzene rings is 1. The van der Waals surface area contributed by atoms with E-state index in [1.54, 1.807) is 23.1 Å². The first-order valence-electron chi connectivity index (χ1n) is 9.86. The average Bonchev–Trinajstić information content (AvgIpc) is 3.26. The van der Waals surface area contributed by atoms with Gasteiger partial charge < -0.3 is 14.2 Å². The van der Waals surface area contributed by atoms with Crippen LogP contribution in [0.15, 0.2) is 47.1 Å². The first kappa shape index (κ1) is 20.8. The Bertz CT molecular complexity index is 837. The van der Waals surface area contributed by atoms with Crippen molar-refractivity contribution in [1.29, 1.82) is 0 Å². The van der Waals surface area contributed by atoms with Crippen LogP contribution in [0.4, 0.5) is 5.69 Å². The molecule has 2 heterocycles. The Labute approximate surface area is 171 Å². The fraction of sp³-hybridized carbons (Fsp3) is 0.455. The van der Waals surface area contributed by atoms with Gasteiger partial charge in [-0.15, -0.1) is 0 Å². The lowest BCUT2D eigenvalue weighted by molar-refractivity contribution is -0.226. The van der Waals surface area contributed by atoms with E-state index < -0.39 is 11.4 Å². The molecule has 7 heteroatoms. The van der Waals surface area contributed by atoms with Crippen LogP contribution in [0.1, 0.15) is 38.2 Å². The SMILES string of the molecule is CC(C)C(C)(C)C(=O)OOc1cccc(N2CCN(C(=O)c3ccco3)CC2)c1. The predicted molar refractivity (Wildman–Crippen MR) is 109 cm³/mol. The van der Waals surface area contributed by atoms with Crippen LogP contribution in [0.2, 0.25) is 0 Å². The smallest absolute Gasteiger partial charge is 0.361 e. The second-order valence-corrected chi connectivity index (χ2v) is 8.08. The van der Waals surface area contributed by atoms with Gasteiger partial charge in [0.05, 0.1) is 11.7 Å². The highest BCUT2D eigenvalue weighted by Crippen LogP contribution is 2.29. The number of furan rings is 1. The minimum Gasteiger partial charge on any atom is -0.459 e. The summed E-state index contributed by atoms with van der Waals surface area (Å²) in [6.07, 6.45) is 1.50. The third-order valence-electron chi connectivity index (χ3n) is 5.66. The zero-order valence-corrected chi connectivity index (χ0v) is 17.4. The summed E-state index contributed by atoms with van der Waals surface area (Å²) < 4.78 is 5.20. The van der Waals surface area contributed by atoms with E-state index in [0.29, 0.717) is 37.7 Å². The Morgan fingerprint density at radius 2 is 1.79 bits per heavy atom. The summed E-state index contributed by atoms with van der Waals surface area (Å²) in [5.74, 6) is 0.462. The predicted octanol–water partition coefficient (Wildman–Crippen LogP) is 3.76. The second kappa shape index (κ2) is 8.59. The van der Waals surface area contributed by atoms with Crippen molar-refractivity contribution >= 4 is 17.6 Å². The van der Waals surface area contributed by atoms with E-state index in [4.69, 9.17) is 14.2 Å². The summed E-state index contributed by atoms with van der Waals surface area (Å²) in [4.78, 5) is 38.9. The zero-order valence-electron chi connectivity index (χ0n) is 17.4. The van der Waals surface area contributed by atoms with Crippen molar-refractivity contribution in [3.63, 3.8) is 0 Å². The van der Waals surface area contributed by atoms with Crippen LogP contribution in [0.3, 0.4) is 0 Å². The Kier molecular flexibility index (Phi) is 6.15. The van der Waals surface area contributed by atoms with Crippen LogP contribution in [0.25, 0.3) is 0 Å². The number of hydrogen-bond donors (Lipinski definition) is 0. The first-order chi connectivity index (χ1) is 13.8. The molecule has 0 bridgehead atoms. The van der Waals surface area contributed by atoms with Gasteiger partial charge in [0, 0.05) is 37.9 Å². The molecule has 1 amide bonds. The number of hydrogen-bond acceptors (Lipinski definition) is 6. The van der Waals surface area contributed by atoms with Crippen molar-refractivity contribution in [3.8, 4) is 5.75 Å². The van der Waals surface area contributed by atoms with Crippen molar-refractivity contribution in [2.24, 2.45) is 11.3 Å². The van der Waals surface area contributed by atoms with Crippen molar-refractivity contribution in [3.05, 3.63) is 48.4 Å². The van der Waals surface area contributed by atoms with Crippen LogP contribution in [-0.4, -0.2) is 43.0 Å². The maximum absolute atomic E-state index is 12.4. The molecule has 1 aromatic heterocycles. The fourth-order valence-corrected chi connectivity index (χ4v) is 2.88. The summed E-state index contributed by atoms with van der Waals surface area (Å²) in [5, 5.41) is 0. The number of rotatable bonds is 6. The molecule has 0 atom stereocenters. The average molecular weight is 400 g/mol. The standard InChI is InChI=1S/C22H28N2O5/c1-16(2)22(3,4)21(26)29-28-18-8-5-7-17(15-18)23-10-12-24(13-11-23)20(25)19-9-6-14-27-19/h5-9,14-16H,10-13H2,1-4H3. The van der Waals surface area contributed by atoms with Gasteiger partial charge in [-0.2, -0.15) is 0 Å². The fourth-order valence-electron chi connectivity index (χ4n) is 2.88. The lowest BCUT2D eigenvalue weighted by Crippen LogP contribution is -2.48. The molecule has 0 saturated carbocycles. The van der Waals surface area contributed by atoms with Crippen molar-refractivity contribution in [2.45, 2.75) is 27.7 Å². The molecule has 3 rings (SSSR count). The summed E-state index contributed by atoms with van der Waals surface area (Å²) in [6, 6.07) is 10.8. The van der Waals surface area contributed by atoms with E-state index >= 15 is 0 Å². The molecule has 1 aromatic carbocycles. The lowest BCUT2D eigenvalue weighted by Gasteiger charge is -2.35. The molecule has 0 radical (unpaired) electrons. The molecule has 0 spiro atoms. The van der Waals surface area contributed by atoms with Crippen molar-refractivity contribution in [1.82, 2.24) is 4.90 Å². The molecule has 0 unspecified atom stereocenters. The highest BCUT2D eigenvalue weighted by Gasteiger charge is 2.34. The van der Waals surface area contributed by atoms with Gasteiger partial charge >= 0.3 is 5.97 Å². The number of carbonyl (C=O) groups excluding carboxylic acids is 2. The molecule has 1 saturated heterocycles. The zero-order chi connectivity index (χ0) is 21.0. The van der Waals surface area contributed by atoms with Crippen molar-refractivity contribution in [2.75, 3.05) is 31.1 Å². The molecule has 2 aromatic rings. The lowest BCUT2D eigenvalue weighted by atomic mass is 9.81. The van der Waals surface area contributed by atoms with Gasteiger partial charge in [-0.3, -0.25) is 9.68 Å². The highest BCUT2D eigenvalue weighted by molar-refractivity contribution is 5.91. The van der Waals surface area contributed by atoms with Crippen LogP contribution < -0.4 is 9.79 Å². The molecule has 0 N–H and O–H groups in total. The van der Waals surface area contributed by atoms with Gasteiger partial charge in [0.25, 0.3) is 5.91 Å². The third kappa shape index (κ3) is 4.72. The summed E-state index contributed by atoms with van der Waals surface area (Å²) in [7, 11) is 0. The third-order valence-corrected chi connectivity index (χ3v) is 5.66. The Balaban J connectivity index is 1.56. The quantitative estimate of drug-likeness (QED) is 0.543. The van der Waals surface area contributed by atoms with E-state index in [2.05, 4.69) is 4.90 Å². The minimum atomic E-state index is -0.630. The number of nitrogens with zero attached hydrogens (tertiary/aromatic N) is 2. The largest absolute Gasteiger partial charge is 0.459 e. The summed E-state index contributed by atoms with van der Waals surface area (Å²) >= 11 is 0. The van der Waals surface area contributed by atoms with Gasteiger partial charge in [0.2, 0.25) is 0 Å². The van der Waals surface area contributed by atoms with Crippen LogP contribution in [0.5, 0.6) is 5.75 Å². The van der Waals surface area contributed by atoms with Gasteiger partial charge in [0.1, 0.15) is 0 Å². The first-order valence-corrected chi connectivity index (χ1v) is 9.86. The highest BCUT2D eigenvalue weighted by atomic mass is 17.2. The molecule has 7 nitrogen and oxygen atoms in total. The molecule has 29 heavy (non-hydrogen) atoms. The number of piperazine rings is 1. The molecule has 0 aliphatic carbocycles. The minimum absolute atomic E-state index is 0.0913. The van der Waals surface area contributed by atoms with Crippen LogP contribution >= 0.6 is 0 Å². The molecule has 156 valence electrons. The van der Waals surface area contributed by atoms with Crippen LogP contribution in [0, 0.1) is 11.3 Å². The molecular formula is C22H28N2O5. The molecule has 1 fully saturated rings. The number of carbonyl (C=O) groups is 2. The Hall–Kier alpha value is -2.96. The van der Waals surface area contributed by atoms with Gasteiger partial charge in [0.15, 0.2) is 11.5 Å². The Morgan fingerprint density at radius 1 is 1.07 bits per heavy atom. The summed E-state index contributed by atoms with van der Waals surface area (Å²) in [5.41, 5.74) is 0.320.